The Kier molecular flexibility index (Phi) is 4.88. The number of rotatable bonds is 3. The van der Waals surface area contributed by atoms with Crippen molar-refractivity contribution in [3.63, 3.8) is 0 Å². The Hall–Kier alpha value is -1.85. The van der Waals surface area contributed by atoms with Gasteiger partial charge >= 0.3 is 0 Å². The van der Waals surface area contributed by atoms with Crippen molar-refractivity contribution >= 4 is 17.5 Å². The molecular formula is C20H27ClN4O. The third-order valence-corrected chi connectivity index (χ3v) is 5.03. The number of hydrogen-bond acceptors (Lipinski definition) is 3. The third kappa shape index (κ3) is 4.27. The normalized spacial score (nSPS) is 19.3. The second kappa shape index (κ2) is 6.71. The van der Waals surface area contributed by atoms with Crippen LogP contribution in [0.4, 0.5) is 0 Å². The Balaban J connectivity index is 1.77. The number of amides is 1. The number of aromatic nitrogens is 2. The van der Waals surface area contributed by atoms with Crippen molar-refractivity contribution in [3.8, 4) is 11.3 Å². The van der Waals surface area contributed by atoms with Gasteiger partial charge in [-0.15, -0.1) is 0 Å². The van der Waals surface area contributed by atoms with Crippen LogP contribution in [0.15, 0.2) is 30.3 Å². The molecule has 0 radical (unpaired) electrons. The van der Waals surface area contributed by atoms with E-state index in [2.05, 4.69) is 43.4 Å². The second-order valence-electron chi connectivity index (χ2n) is 8.52. The number of hydrogen-bond donors (Lipinski definition) is 2. The number of nitrogens with zero attached hydrogens (tertiary/aromatic N) is 2. The highest BCUT2D eigenvalue weighted by molar-refractivity contribution is 6.30. The van der Waals surface area contributed by atoms with E-state index in [1.807, 2.05) is 30.3 Å². The minimum Gasteiger partial charge on any atom is -0.348 e. The molecule has 1 saturated heterocycles. The van der Waals surface area contributed by atoms with Gasteiger partial charge in [-0.05, 0) is 58.7 Å². The molecule has 0 aliphatic carbocycles. The summed E-state index contributed by atoms with van der Waals surface area (Å²) < 4.78 is 1.64. The highest BCUT2D eigenvalue weighted by Gasteiger charge is 2.38. The molecule has 0 bridgehead atoms. The summed E-state index contributed by atoms with van der Waals surface area (Å²) in [5, 5.41) is 12.0. The fourth-order valence-electron chi connectivity index (χ4n) is 4.13. The molecule has 2 aromatic rings. The first kappa shape index (κ1) is 18.9. The van der Waals surface area contributed by atoms with Gasteiger partial charge in [0, 0.05) is 34.8 Å². The maximum atomic E-state index is 12.8. The van der Waals surface area contributed by atoms with Gasteiger partial charge in [-0.1, -0.05) is 23.7 Å². The molecule has 1 aromatic carbocycles. The van der Waals surface area contributed by atoms with Gasteiger partial charge in [0.15, 0.2) is 0 Å². The highest BCUT2D eigenvalue weighted by atomic mass is 35.5. The Labute approximate surface area is 160 Å². The minimum absolute atomic E-state index is 0.0133. The molecule has 1 aliphatic heterocycles. The Morgan fingerprint density at radius 2 is 1.77 bits per heavy atom. The van der Waals surface area contributed by atoms with Crippen molar-refractivity contribution in [1.29, 1.82) is 0 Å². The second-order valence-corrected chi connectivity index (χ2v) is 8.95. The van der Waals surface area contributed by atoms with E-state index in [1.165, 1.54) is 0 Å². The maximum Gasteiger partial charge on any atom is 0.269 e. The molecular weight excluding hydrogens is 348 g/mol. The van der Waals surface area contributed by atoms with Crippen LogP contribution in [-0.4, -0.2) is 32.8 Å². The number of carbonyl (C=O) groups excluding carboxylic acids is 1. The zero-order valence-electron chi connectivity index (χ0n) is 16.1. The Morgan fingerprint density at radius 3 is 2.35 bits per heavy atom. The lowest BCUT2D eigenvalue weighted by Gasteiger charge is -2.46. The molecule has 2 N–H and O–H groups in total. The topological polar surface area (TPSA) is 59.0 Å². The van der Waals surface area contributed by atoms with Crippen LogP contribution in [0.2, 0.25) is 5.02 Å². The molecule has 0 unspecified atom stereocenters. The standard InChI is InChI=1S/C20H27ClN4O/c1-19(2)11-15(12-20(3,4)24-19)22-18(26)17-10-16(23-25(17)5)13-6-8-14(21)9-7-13/h6-10,15,24H,11-12H2,1-5H3,(H,22,26). The summed E-state index contributed by atoms with van der Waals surface area (Å²) in [5.74, 6) is -0.0845. The molecule has 0 spiro atoms. The van der Waals surface area contributed by atoms with E-state index in [1.54, 1.807) is 11.7 Å². The number of aryl methyl sites for hydroxylation is 1. The Morgan fingerprint density at radius 1 is 1.19 bits per heavy atom. The van der Waals surface area contributed by atoms with Crippen LogP contribution in [0.25, 0.3) is 11.3 Å². The van der Waals surface area contributed by atoms with E-state index in [-0.39, 0.29) is 23.0 Å². The smallest absolute Gasteiger partial charge is 0.269 e. The number of piperidine rings is 1. The molecule has 1 aliphatic rings. The summed E-state index contributed by atoms with van der Waals surface area (Å²) in [6.45, 7) is 8.71. The molecule has 3 rings (SSSR count). The van der Waals surface area contributed by atoms with Crippen molar-refractivity contribution in [1.82, 2.24) is 20.4 Å². The maximum absolute atomic E-state index is 12.8. The minimum atomic E-state index is -0.0845. The summed E-state index contributed by atoms with van der Waals surface area (Å²) in [7, 11) is 1.80. The molecule has 140 valence electrons. The first-order valence-corrected chi connectivity index (χ1v) is 9.33. The van der Waals surface area contributed by atoms with Gasteiger partial charge in [-0.25, -0.2) is 0 Å². The molecule has 0 atom stereocenters. The summed E-state index contributed by atoms with van der Waals surface area (Å²) in [6.07, 6.45) is 1.79. The quantitative estimate of drug-likeness (QED) is 0.859. The van der Waals surface area contributed by atoms with E-state index < -0.39 is 0 Å². The predicted molar refractivity (Wildman–Crippen MR) is 105 cm³/mol. The van der Waals surface area contributed by atoms with E-state index in [0.29, 0.717) is 10.7 Å². The SMILES string of the molecule is Cn1nc(-c2ccc(Cl)cc2)cc1C(=O)NC1CC(C)(C)NC(C)(C)C1. The molecule has 0 saturated carbocycles. The van der Waals surface area contributed by atoms with Gasteiger partial charge < -0.3 is 10.6 Å². The van der Waals surface area contributed by atoms with Crippen LogP contribution in [-0.2, 0) is 7.05 Å². The lowest BCUT2D eigenvalue weighted by Crippen LogP contribution is -2.62. The average molecular weight is 375 g/mol. The Bertz CT molecular complexity index is 792. The highest BCUT2D eigenvalue weighted by Crippen LogP contribution is 2.29. The van der Waals surface area contributed by atoms with Gasteiger partial charge in [-0.3, -0.25) is 9.48 Å². The summed E-state index contributed by atoms with van der Waals surface area (Å²) in [6, 6.07) is 9.42. The van der Waals surface area contributed by atoms with Crippen molar-refractivity contribution in [2.24, 2.45) is 7.05 Å². The first-order chi connectivity index (χ1) is 12.0. The van der Waals surface area contributed by atoms with Gasteiger partial charge in [-0.2, -0.15) is 5.10 Å². The van der Waals surface area contributed by atoms with Crippen molar-refractivity contribution in [3.05, 3.63) is 41.0 Å². The van der Waals surface area contributed by atoms with E-state index in [4.69, 9.17) is 11.6 Å². The van der Waals surface area contributed by atoms with Crippen LogP contribution in [0.1, 0.15) is 51.0 Å². The van der Waals surface area contributed by atoms with Gasteiger partial charge in [0.1, 0.15) is 5.69 Å². The molecule has 1 aromatic heterocycles. The zero-order valence-corrected chi connectivity index (χ0v) is 16.8. The van der Waals surface area contributed by atoms with E-state index in [0.717, 1.165) is 24.1 Å². The zero-order chi connectivity index (χ0) is 19.1. The molecule has 1 amide bonds. The number of benzene rings is 1. The van der Waals surface area contributed by atoms with Crippen LogP contribution < -0.4 is 10.6 Å². The lowest BCUT2D eigenvalue weighted by atomic mass is 9.79. The largest absolute Gasteiger partial charge is 0.348 e. The number of nitrogens with one attached hydrogen (secondary N) is 2. The van der Waals surface area contributed by atoms with Crippen molar-refractivity contribution < 1.29 is 4.79 Å². The predicted octanol–water partition coefficient (Wildman–Crippen LogP) is 3.78. The number of carbonyl (C=O) groups is 1. The average Bonchev–Trinajstić information content (AvgIpc) is 2.86. The summed E-state index contributed by atoms with van der Waals surface area (Å²) >= 11 is 5.95. The van der Waals surface area contributed by atoms with Crippen LogP contribution in [0, 0.1) is 0 Å². The first-order valence-electron chi connectivity index (χ1n) is 8.95. The fourth-order valence-corrected chi connectivity index (χ4v) is 4.25. The van der Waals surface area contributed by atoms with E-state index in [9.17, 15) is 4.79 Å². The monoisotopic (exact) mass is 374 g/mol. The van der Waals surface area contributed by atoms with E-state index >= 15 is 0 Å². The van der Waals surface area contributed by atoms with Crippen LogP contribution in [0.5, 0.6) is 0 Å². The summed E-state index contributed by atoms with van der Waals surface area (Å²) in [4.78, 5) is 12.8. The van der Waals surface area contributed by atoms with Gasteiger partial charge in [0.2, 0.25) is 0 Å². The summed E-state index contributed by atoms with van der Waals surface area (Å²) in [5.41, 5.74) is 2.24. The number of halogens is 1. The molecule has 2 heterocycles. The molecule has 5 nitrogen and oxygen atoms in total. The van der Waals surface area contributed by atoms with Crippen LogP contribution >= 0.6 is 11.6 Å². The fraction of sp³-hybridized carbons (Fsp3) is 0.500. The third-order valence-electron chi connectivity index (χ3n) is 4.78. The molecule has 26 heavy (non-hydrogen) atoms. The molecule has 6 heteroatoms. The van der Waals surface area contributed by atoms with Crippen LogP contribution in [0.3, 0.4) is 0 Å². The van der Waals surface area contributed by atoms with Crippen molar-refractivity contribution in [2.75, 3.05) is 0 Å². The molecule has 1 fully saturated rings. The van der Waals surface area contributed by atoms with Crippen molar-refractivity contribution in [2.45, 2.75) is 57.7 Å². The van der Waals surface area contributed by atoms with Gasteiger partial charge in [0.05, 0.1) is 5.69 Å². The lowest BCUT2D eigenvalue weighted by molar-refractivity contribution is 0.0864. The van der Waals surface area contributed by atoms with Gasteiger partial charge in [0.25, 0.3) is 5.91 Å².